The van der Waals surface area contributed by atoms with E-state index in [1.54, 1.807) is 43.3 Å². The van der Waals surface area contributed by atoms with Gasteiger partial charge in [0.05, 0.1) is 29.4 Å². The van der Waals surface area contributed by atoms with Crippen LogP contribution in [0.3, 0.4) is 0 Å². The summed E-state index contributed by atoms with van der Waals surface area (Å²) in [5.74, 6) is -1.29. The number of para-hydroxylation sites is 1. The minimum atomic E-state index is -4.54. The van der Waals surface area contributed by atoms with Gasteiger partial charge in [-0.2, -0.15) is 4.21 Å². The lowest BCUT2D eigenvalue weighted by molar-refractivity contribution is 0.0527. The SMILES string of the molecule is CCOC(=O)c1sc(NC(=O)Nc2cccc(S(C)(=O)(O)N3CCCc4ccccc43)c2)c(C(=O)OCC)c1C. The summed E-state index contributed by atoms with van der Waals surface area (Å²) in [4.78, 5) is 38.4. The summed E-state index contributed by atoms with van der Waals surface area (Å²) in [6, 6.07) is 13.0. The molecule has 0 bridgehead atoms. The van der Waals surface area contributed by atoms with Crippen LogP contribution in [0.1, 0.15) is 51.4 Å². The summed E-state index contributed by atoms with van der Waals surface area (Å²) in [6.07, 6.45) is 2.87. The fourth-order valence-electron chi connectivity index (χ4n) is 4.65. The zero-order valence-corrected chi connectivity index (χ0v) is 24.4. The van der Waals surface area contributed by atoms with Crippen molar-refractivity contribution in [2.75, 3.05) is 41.0 Å². The van der Waals surface area contributed by atoms with E-state index in [1.165, 1.54) is 12.3 Å². The van der Waals surface area contributed by atoms with Gasteiger partial charge in [-0.1, -0.05) is 24.3 Å². The normalized spacial score (nSPS) is 13.9. The van der Waals surface area contributed by atoms with Gasteiger partial charge in [-0.05, 0) is 69.0 Å². The highest BCUT2D eigenvalue weighted by atomic mass is 32.3. The van der Waals surface area contributed by atoms with Crippen LogP contribution in [-0.2, 0) is 25.4 Å². The van der Waals surface area contributed by atoms with Gasteiger partial charge < -0.3 is 14.8 Å². The first-order valence-corrected chi connectivity index (χ1v) is 16.0. The summed E-state index contributed by atoms with van der Waals surface area (Å²) < 4.78 is 37.6. The van der Waals surface area contributed by atoms with Crippen LogP contribution in [0.5, 0.6) is 0 Å². The summed E-state index contributed by atoms with van der Waals surface area (Å²) in [5, 5.41) is 5.40. The number of urea groups is 1. The number of rotatable bonds is 8. The van der Waals surface area contributed by atoms with Crippen LogP contribution in [0, 0.1) is 6.92 Å². The molecule has 1 aliphatic rings. The largest absolute Gasteiger partial charge is 0.462 e. The van der Waals surface area contributed by atoms with E-state index in [9.17, 15) is 23.1 Å². The number of ether oxygens (including phenoxy) is 2. The first-order chi connectivity index (χ1) is 18.9. The first kappa shape index (κ1) is 29.2. The molecule has 2 heterocycles. The molecule has 0 radical (unpaired) electrons. The maximum Gasteiger partial charge on any atom is 0.348 e. The standard InChI is InChI=1S/C28H33N3O7S2/c1-5-37-26(32)23-18(3)24(27(33)38-6-2)39-25(23)30-28(34)29-20-13-9-14-21(17-20)40(4,35,36)31-16-10-12-19-11-7-8-15-22(19)31/h7-9,11,13-15,17H,5-6,10,12,16H2,1-4H3,(H,35,36)(H2,29,30,34). The van der Waals surface area contributed by atoms with E-state index in [-0.39, 0.29) is 39.2 Å². The molecule has 2 aromatic carbocycles. The molecular weight excluding hydrogens is 554 g/mol. The van der Waals surface area contributed by atoms with Crippen molar-refractivity contribution >= 4 is 55.2 Å². The fourth-order valence-corrected chi connectivity index (χ4v) is 7.98. The van der Waals surface area contributed by atoms with E-state index in [4.69, 9.17) is 9.47 Å². The zero-order valence-electron chi connectivity index (χ0n) is 22.8. The quantitative estimate of drug-likeness (QED) is 0.288. The van der Waals surface area contributed by atoms with Gasteiger partial charge in [0.25, 0.3) is 0 Å². The Balaban J connectivity index is 1.60. The predicted octanol–water partition coefficient (Wildman–Crippen LogP) is 5.70. The molecule has 3 N–H and O–H groups in total. The van der Waals surface area contributed by atoms with E-state index in [0.29, 0.717) is 17.8 Å². The average Bonchev–Trinajstić information content (AvgIpc) is 3.24. The van der Waals surface area contributed by atoms with Gasteiger partial charge in [-0.25, -0.2) is 14.4 Å². The maximum atomic E-state index is 14.2. The van der Waals surface area contributed by atoms with Crippen molar-refractivity contribution in [2.24, 2.45) is 0 Å². The zero-order chi connectivity index (χ0) is 29.1. The Morgan fingerprint density at radius 3 is 2.45 bits per heavy atom. The van der Waals surface area contributed by atoms with Gasteiger partial charge in [0, 0.05) is 18.5 Å². The Kier molecular flexibility index (Phi) is 8.33. The van der Waals surface area contributed by atoms with Crippen molar-refractivity contribution < 1.29 is 32.6 Å². The van der Waals surface area contributed by atoms with E-state index >= 15 is 0 Å². The van der Waals surface area contributed by atoms with E-state index < -0.39 is 27.5 Å². The molecule has 0 saturated heterocycles. The van der Waals surface area contributed by atoms with E-state index in [1.807, 2.05) is 24.3 Å². The second-order valence-electron chi connectivity index (χ2n) is 9.38. The van der Waals surface area contributed by atoms with Crippen LogP contribution in [0.2, 0.25) is 0 Å². The smallest absolute Gasteiger partial charge is 0.348 e. The molecule has 40 heavy (non-hydrogen) atoms. The Hall–Kier alpha value is -3.74. The number of amides is 2. The lowest BCUT2D eigenvalue weighted by Gasteiger charge is -2.52. The lowest BCUT2D eigenvalue weighted by Crippen LogP contribution is -2.52. The number of carbonyl (C=O) groups is 3. The fraction of sp³-hybridized carbons (Fsp3) is 0.321. The average molecular weight is 588 g/mol. The Labute approximate surface area is 237 Å². The second-order valence-corrected chi connectivity index (χ2v) is 13.8. The van der Waals surface area contributed by atoms with Crippen LogP contribution in [0.4, 0.5) is 21.2 Å². The third kappa shape index (κ3) is 5.74. The highest BCUT2D eigenvalue weighted by Crippen LogP contribution is 2.42. The van der Waals surface area contributed by atoms with Crippen LogP contribution in [0.25, 0.3) is 0 Å². The van der Waals surface area contributed by atoms with Gasteiger partial charge in [-0.15, -0.1) is 20.9 Å². The number of thiophene rings is 1. The molecule has 1 aliphatic heterocycles. The van der Waals surface area contributed by atoms with Crippen LogP contribution in [-0.4, -0.2) is 52.7 Å². The van der Waals surface area contributed by atoms with Crippen molar-refractivity contribution in [1.82, 2.24) is 0 Å². The molecule has 214 valence electrons. The molecule has 2 amide bonds. The number of nitrogens with zero attached hydrogens (tertiary/aromatic N) is 1. The molecule has 0 aliphatic carbocycles. The summed E-state index contributed by atoms with van der Waals surface area (Å²) >= 11 is 0.908. The van der Waals surface area contributed by atoms with Gasteiger partial charge in [0.15, 0.2) is 0 Å². The number of aryl methyl sites for hydroxylation is 1. The molecule has 3 aromatic rings. The minimum Gasteiger partial charge on any atom is -0.462 e. The molecule has 0 unspecified atom stereocenters. The van der Waals surface area contributed by atoms with E-state index in [0.717, 1.165) is 29.7 Å². The third-order valence-corrected chi connectivity index (χ3v) is 10.5. The number of carbonyl (C=O) groups excluding carboxylic acids is 3. The van der Waals surface area contributed by atoms with Crippen molar-refractivity contribution in [2.45, 2.75) is 38.5 Å². The minimum absolute atomic E-state index is 0.0646. The molecule has 1 aromatic heterocycles. The van der Waals surface area contributed by atoms with Crippen LogP contribution in [0.15, 0.2) is 53.4 Å². The predicted molar refractivity (Wildman–Crippen MR) is 157 cm³/mol. The number of hydrogen-bond donors (Lipinski definition) is 3. The summed E-state index contributed by atoms with van der Waals surface area (Å²) in [7, 11) is -4.54. The third-order valence-electron chi connectivity index (χ3n) is 6.54. The van der Waals surface area contributed by atoms with Gasteiger partial charge >= 0.3 is 18.0 Å². The Morgan fingerprint density at radius 2 is 1.73 bits per heavy atom. The molecule has 10 nitrogen and oxygen atoms in total. The van der Waals surface area contributed by atoms with Crippen molar-refractivity contribution in [3.63, 3.8) is 0 Å². The highest BCUT2D eigenvalue weighted by Gasteiger charge is 2.35. The number of benzene rings is 2. The van der Waals surface area contributed by atoms with Crippen LogP contribution < -0.4 is 14.9 Å². The molecule has 12 heteroatoms. The first-order valence-electron chi connectivity index (χ1n) is 12.9. The molecular formula is C28H33N3O7S2. The Morgan fingerprint density at radius 1 is 1.02 bits per heavy atom. The van der Waals surface area contributed by atoms with E-state index in [2.05, 4.69) is 10.6 Å². The van der Waals surface area contributed by atoms with Crippen LogP contribution >= 0.6 is 11.3 Å². The van der Waals surface area contributed by atoms with Gasteiger partial charge in [-0.3, -0.25) is 14.2 Å². The maximum absolute atomic E-state index is 14.2. The van der Waals surface area contributed by atoms with Crippen molar-refractivity contribution in [3.05, 3.63) is 70.1 Å². The molecule has 0 saturated carbocycles. The van der Waals surface area contributed by atoms with Gasteiger partial charge in [0.1, 0.15) is 9.88 Å². The second kappa shape index (κ2) is 11.4. The monoisotopic (exact) mass is 587 g/mol. The number of esters is 2. The van der Waals surface area contributed by atoms with Gasteiger partial charge in [0.2, 0.25) is 0 Å². The van der Waals surface area contributed by atoms with Crippen molar-refractivity contribution in [1.29, 1.82) is 0 Å². The molecule has 0 spiro atoms. The number of nitrogens with one attached hydrogen (secondary N) is 2. The molecule has 4 rings (SSSR count). The lowest BCUT2D eigenvalue weighted by atomic mass is 10.0. The number of fused-ring (bicyclic) bond motifs is 1. The molecule has 0 fully saturated rings. The Bertz CT molecular complexity index is 1530. The molecule has 0 atom stereocenters. The number of anilines is 3. The highest BCUT2D eigenvalue weighted by molar-refractivity contribution is 8.15. The summed E-state index contributed by atoms with van der Waals surface area (Å²) in [6.45, 7) is 5.58. The number of hydrogen-bond acceptors (Lipinski definition) is 7. The van der Waals surface area contributed by atoms with Crippen molar-refractivity contribution in [3.8, 4) is 0 Å². The topological polar surface area (TPSA) is 134 Å². The summed E-state index contributed by atoms with van der Waals surface area (Å²) in [5.41, 5.74) is 2.39.